The molecule has 5 nitrogen and oxygen atoms in total. The molecule has 1 saturated heterocycles. The Morgan fingerprint density at radius 1 is 1.11 bits per heavy atom. The highest BCUT2D eigenvalue weighted by molar-refractivity contribution is 5.91. The largest absolute Gasteiger partial charge is 0.346 e. The number of nitrogens with one attached hydrogen (secondary N) is 1. The van der Waals surface area contributed by atoms with Crippen LogP contribution in [0.15, 0.2) is 12.7 Å². The van der Waals surface area contributed by atoms with Gasteiger partial charge in [0, 0.05) is 31.3 Å². The molecule has 2 aliphatic carbocycles. The average molecular weight is 389 g/mol. The maximum Gasteiger partial charge on any atom is 0.223 e. The molecule has 3 rings (SSSR count). The number of amides is 2. The van der Waals surface area contributed by atoms with Crippen LogP contribution in [-0.2, 0) is 14.4 Å². The summed E-state index contributed by atoms with van der Waals surface area (Å²) in [6.07, 6.45) is 12.2. The third kappa shape index (κ3) is 5.45. The summed E-state index contributed by atoms with van der Waals surface area (Å²) < 4.78 is 0. The smallest absolute Gasteiger partial charge is 0.223 e. The van der Waals surface area contributed by atoms with Crippen LogP contribution in [0.2, 0.25) is 0 Å². The van der Waals surface area contributed by atoms with E-state index in [1.807, 2.05) is 4.90 Å². The summed E-state index contributed by atoms with van der Waals surface area (Å²) in [6, 6.07) is -0.113. The van der Waals surface area contributed by atoms with Gasteiger partial charge in [-0.2, -0.15) is 0 Å². The van der Waals surface area contributed by atoms with Crippen LogP contribution >= 0.6 is 0 Å². The van der Waals surface area contributed by atoms with Gasteiger partial charge in [-0.3, -0.25) is 14.4 Å². The zero-order valence-electron chi connectivity index (χ0n) is 17.3. The van der Waals surface area contributed by atoms with Crippen LogP contribution in [0.3, 0.4) is 0 Å². The van der Waals surface area contributed by atoms with Crippen molar-refractivity contribution in [2.24, 2.45) is 17.8 Å². The maximum absolute atomic E-state index is 12.7. The summed E-state index contributed by atoms with van der Waals surface area (Å²) in [5.74, 6) is 0.731. The predicted molar refractivity (Wildman–Crippen MR) is 110 cm³/mol. The molecule has 28 heavy (non-hydrogen) atoms. The molecule has 1 N–H and O–H groups in total. The van der Waals surface area contributed by atoms with Gasteiger partial charge < -0.3 is 10.2 Å². The van der Waals surface area contributed by atoms with Gasteiger partial charge in [-0.1, -0.05) is 38.7 Å². The molecule has 1 unspecified atom stereocenters. The second kappa shape index (κ2) is 9.71. The molecule has 5 heteroatoms. The summed E-state index contributed by atoms with van der Waals surface area (Å²) in [4.78, 5) is 40.1. The van der Waals surface area contributed by atoms with Crippen LogP contribution < -0.4 is 5.32 Å². The fourth-order valence-electron chi connectivity index (χ4n) is 4.94. The monoisotopic (exact) mass is 388 g/mol. The van der Waals surface area contributed by atoms with E-state index < -0.39 is 12.0 Å². The molecule has 0 bridgehead atoms. The first-order valence-corrected chi connectivity index (χ1v) is 11.2. The lowest BCUT2D eigenvalue weighted by atomic mass is 9.95. The van der Waals surface area contributed by atoms with Gasteiger partial charge >= 0.3 is 0 Å². The van der Waals surface area contributed by atoms with Crippen molar-refractivity contribution in [2.45, 2.75) is 89.6 Å². The number of ketones is 1. The van der Waals surface area contributed by atoms with E-state index in [9.17, 15) is 14.4 Å². The Hall–Kier alpha value is -1.65. The molecule has 0 spiro atoms. The van der Waals surface area contributed by atoms with Crippen molar-refractivity contribution in [1.82, 2.24) is 10.2 Å². The maximum atomic E-state index is 12.7. The van der Waals surface area contributed by atoms with E-state index in [1.54, 1.807) is 13.0 Å². The van der Waals surface area contributed by atoms with Crippen molar-refractivity contribution in [3.05, 3.63) is 12.7 Å². The molecule has 0 radical (unpaired) electrons. The van der Waals surface area contributed by atoms with Crippen molar-refractivity contribution in [1.29, 1.82) is 0 Å². The van der Waals surface area contributed by atoms with Crippen LogP contribution in [0.5, 0.6) is 0 Å². The summed E-state index contributed by atoms with van der Waals surface area (Å²) in [6.45, 7) is 6.35. The van der Waals surface area contributed by atoms with E-state index in [0.29, 0.717) is 30.7 Å². The highest BCUT2D eigenvalue weighted by Crippen LogP contribution is 2.40. The quantitative estimate of drug-likeness (QED) is 0.581. The zero-order chi connectivity index (χ0) is 20.1. The van der Waals surface area contributed by atoms with E-state index in [0.717, 1.165) is 32.2 Å². The minimum atomic E-state index is -0.505. The number of nitrogens with zero attached hydrogens (tertiary/aromatic N) is 1. The van der Waals surface area contributed by atoms with Crippen LogP contribution in [0.4, 0.5) is 0 Å². The second-order valence-corrected chi connectivity index (χ2v) is 9.15. The number of rotatable bonds is 10. The van der Waals surface area contributed by atoms with Crippen molar-refractivity contribution in [3.8, 4) is 0 Å². The number of carbonyl (C=O) groups excluding carboxylic acids is 3. The molecule has 3 aliphatic rings. The van der Waals surface area contributed by atoms with Gasteiger partial charge in [0.05, 0.1) is 6.04 Å². The minimum absolute atomic E-state index is 0.0922. The van der Waals surface area contributed by atoms with Gasteiger partial charge in [0.25, 0.3) is 0 Å². The lowest BCUT2D eigenvalue weighted by molar-refractivity contribution is -0.137. The predicted octanol–water partition coefficient (Wildman–Crippen LogP) is 3.62. The minimum Gasteiger partial charge on any atom is -0.346 e. The molecule has 2 saturated carbocycles. The number of hydrogen-bond acceptors (Lipinski definition) is 3. The van der Waals surface area contributed by atoms with E-state index in [2.05, 4.69) is 11.9 Å². The van der Waals surface area contributed by atoms with Gasteiger partial charge in [-0.15, -0.1) is 6.58 Å². The Morgan fingerprint density at radius 2 is 1.82 bits per heavy atom. The van der Waals surface area contributed by atoms with Gasteiger partial charge in [-0.05, 0) is 43.9 Å². The van der Waals surface area contributed by atoms with Crippen molar-refractivity contribution < 1.29 is 14.4 Å². The summed E-state index contributed by atoms with van der Waals surface area (Å²) in [5, 5.41) is 2.90. The third-order valence-electron chi connectivity index (χ3n) is 6.79. The van der Waals surface area contributed by atoms with Crippen molar-refractivity contribution in [2.75, 3.05) is 6.54 Å². The zero-order valence-corrected chi connectivity index (χ0v) is 17.3. The summed E-state index contributed by atoms with van der Waals surface area (Å²) in [7, 11) is 0. The Labute approximate surface area is 169 Å². The molecule has 0 aromatic heterocycles. The first kappa shape index (κ1) is 21.1. The lowest BCUT2D eigenvalue weighted by Gasteiger charge is -2.26. The van der Waals surface area contributed by atoms with Crippen LogP contribution in [-0.4, -0.2) is 41.1 Å². The van der Waals surface area contributed by atoms with E-state index in [4.69, 9.17) is 0 Å². The molecular formula is C23H36N2O3. The van der Waals surface area contributed by atoms with Crippen LogP contribution in [0, 0.1) is 17.8 Å². The molecule has 156 valence electrons. The van der Waals surface area contributed by atoms with Crippen LogP contribution in [0.1, 0.15) is 77.6 Å². The van der Waals surface area contributed by atoms with Gasteiger partial charge in [0.15, 0.2) is 5.78 Å². The number of hydrogen-bond donors (Lipinski definition) is 1. The average Bonchev–Trinajstić information content (AvgIpc) is 3.17. The van der Waals surface area contributed by atoms with Crippen molar-refractivity contribution >= 4 is 17.6 Å². The first-order chi connectivity index (χ1) is 13.5. The summed E-state index contributed by atoms with van der Waals surface area (Å²) in [5.41, 5.74) is 0. The standard InChI is InChI=1S/C23H36N2O3/c1-3-7-19(21(26)15-17-8-4-5-9-17)24-23(28)16(2)14-22(27)25-13-6-10-20(25)18-11-12-18/h3,16-20H,1,4-15H2,2H3,(H,24,28)/t16-,19-,20?/m0/s1. The van der Waals surface area contributed by atoms with Crippen molar-refractivity contribution in [3.63, 3.8) is 0 Å². The molecule has 1 heterocycles. The van der Waals surface area contributed by atoms with Crippen LogP contribution in [0.25, 0.3) is 0 Å². The molecule has 0 aromatic rings. The fraction of sp³-hybridized carbons (Fsp3) is 0.783. The third-order valence-corrected chi connectivity index (χ3v) is 6.79. The van der Waals surface area contributed by atoms with Gasteiger partial charge in [0.2, 0.25) is 11.8 Å². The summed E-state index contributed by atoms with van der Waals surface area (Å²) >= 11 is 0. The Morgan fingerprint density at radius 3 is 2.46 bits per heavy atom. The van der Waals surface area contributed by atoms with E-state index in [-0.39, 0.29) is 24.0 Å². The molecule has 0 aromatic carbocycles. The Kier molecular flexibility index (Phi) is 7.30. The number of Topliss-reactive ketones (excluding diaryl/α,β-unsaturated/α-hetero) is 1. The highest BCUT2D eigenvalue weighted by Gasteiger charge is 2.40. The topological polar surface area (TPSA) is 66.5 Å². The molecule has 3 atom stereocenters. The van der Waals surface area contributed by atoms with Gasteiger partial charge in [0.1, 0.15) is 0 Å². The van der Waals surface area contributed by atoms with E-state index >= 15 is 0 Å². The Bertz CT molecular complexity index is 593. The number of likely N-dealkylation sites (tertiary alicyclic amines) is 1. The number of carbonyl (C=O) groups is 3. The molecule has 3 fully saturated rings. The fourth-order valence-corrected chi connectivity index (χ4v) is 4.94. The normalized spacial score (nSPS) is 24.8. The van der Waals surface area contributed by atoms with Gasteiger partial charge in [-0.25, -0.2) is 0 Å². The highest BCUT2D eigenvalue weighted by atomic mass is 16.2. The molecule has 1 aliphatic heterocycles. The Balaban J connectivity index is 1.49. The lowest BCUT2D eigenvalue weighted by Crippen LogP contribution is -2.45. The SMILES string of the molecule is C=CC[C@H](NC(=O)[C@@H](C)CC(=O)N1CCCC1C1CC1)C(=O)CC1CCCC1. The molecule has 2 amide bonds. The second-order valence-electron chi connectivity index (χ2n) is 9.15. The first-order valence-electron chi connectivity index (χ1n) is 11.2. The van der Waals surface area contributed by atoms with E-state index in [1.165, 1.54) is 25.7 Å². The molecular weight excluding hydrogens is 352 g/mol.